The minimum Gasteiger partial charge on any atom is -0.433 e. The number of anilines is 1. The van der Waals surface area contributed by atoms with Crippen LogP contribution in [0, 0.1) is 0 Å². The number of nitrogens with one attached hydrogen (secondary N) is 1. The van der Waals surface area contributed by atoms with Crippen LogP contribution in [-0.2, 0) is 12.7 Å². The van der Waals surface area contributed by atoms with Gasteiger partial charge >= 0.3 is 18.8 Å². The van der Waals surface area contributed by atoms with Crippen molar-refractivity contribution in [3.05, 3.63) is 59.7 Å². The first-order valence-corrected chi connectivity index (χ1v) is 7.39. The molecule has 0 atom stereocenters. The van der Waals surface area contributed by atoms with Crippen molar-refractivity contribution in [2.45, 2.75) is 19.3 Å². The molecule has 4 nitrogen and oxygen atoms in total. The van der Waals surface area contributed by atoms with E-state index in [1.54, 1.807) is 0 Å². The molecular formula is C17H15F5N2O2. The monoisotopic (exact) mass is 374 g/mol. The van der Waals surface area contributed by atoms with E-state index in [1.807, 2.05) is 0 Å². The molecule has 0 aliphatic rings. The Morgan fingerprint density at radius 1 is 1.12 bits per heavy atom. The topological polar surface area (TPSA) is 41.6 Å². The molecule has 9 heteroatoms. The van der Waals surface area contributed by atoms with Crippen molar-refractivity contribution in [2.24, 2.45) is 0 Å². The zero-order chi connectivity index (χ0) is 19.3. The number of carbonyl (C=O) groups excluding carboxylic acids is 1. The maximum Gasteiger partial charge on any atom is 0.416 e. The van der Waals surface area contributed by atoms with Crippen molar-refractivity contribution in [1.29, 1.82) is 0 Å². The third-order valence-corrected chi connectivity index (χ3v) is 3.42. The zero-order valence-electron chi connectivity index (χ0n) is 13.6. The third-order valence-electron chi connectivity index (χ3n) is 3.42. The highest BCUT2D eigenvalue weighted by molar-refractivity contribution is 5.90. The van der Waals surface area contributed by atoms with E-state index in [1.165, 1.54) is 49.5 Å². The summed E-state index contributed by atoms with van der Waals surface area (Å²) in [7, 11) is 1.29. The van der Waals surface area contributed by atoms with Gasteiger partial charge in [0.2, 0.25) is 0 Å². The van der Waals surface area contributed by atoms with Gasteiger partial charge in [0.25, 0.3) is 0 Å². The maximum absolute atomic E-state index is 13.0. The van der Waals surface area contributed by atoms with Crippen LogP contribution >= 0.6 is 0 Å². The molecule has 0 radical (unpaired) electrons. The van der Waals surface area contributed by atoms with Crippen LogP contribution in [0.15, 0.2) is 48.5 Å². The normalized spacial score (nSPS) is 11.3. The quantitative estimate of drug-likeness (QED) is 0.751. The molecule has 140 valence electrons. The smallest absolute Gasteiger partial charge is 0.416 e. The fraction of sp³-hybridized carbons (Fsp3) is 0.235. The van der Waals surface area contributed by atoms with E-state index in [4.69, 9.17) is 0 Å². The molecule has 0 aliphatic carbocycles. The maximum atomic E-state index is 13.0. The van der Waals surface area contributed by atoms with E-state index < -0.39 is 24.4 Å². The van der Waals surface area contributed by atoms with Gasteiger partial charge in [-0.05, 0) is 23.8 Å². The number of para-hydroxylation sites is 2. The van der Waals surface area contributed by atoms with Crippen LogP contribution in [0.2, 0.25) is 0 Å². The highest BCUT2D eigenvalue weighted by Gasteiger charge is 2.33. The lowest BCUT2D eigenvalue weighted by Gasteiger charge is -2.21. The fourth-order valence-electron chi connectivity index (χ4n) is 2.24. The number of hydrogen-bond acceptors (Lipinski definition) is 2. The second kappa shape index (κ2) is 8.03. The van der Waals surface area contributed by atoms with Crippen LogP contribution in [0.5, 0.6) is 5.75 Å². The van der Waals surface area contributed by atoms with Crippen molar-refractivity contribution in [2.75, 3.05) is 12.4 Å². The summed E-state index contributed by atoms with van der Waals surface area (Å²) >= 11 is 0. The predicted molar refractivity (Wildman–Crippen MR) is 85.0 cm³/mol. The first-order valence-electron chi connectivity index (χ1n) is 7.39. The van der Waals surface area contributed by atoms with Gasteiger partial charge in [0, 0.05) is 13.6 Å². The molecule has 0 saturated heterocycles. The summed E-state index contributed by atoms with van der Waals surface area (Å²) in [6.07, 6.45) is -4.55. The lowest BCUT2D eigenvalue weighted by Crippen LogP contribution is -2.31. The molecule has 2 rings (SSSR count). The summed E-state index contributed by atoms with van der Waals surface area (Å²) in [4.78, 5) is 13.2. The van der Waals surface area contributed by atoms with Crippen LogP contribution in [0.3, 0.4) is 0 Å². The van der Waals surface area contributed by atoms with Gasteiger partial charge in [-0.15, -0.1) is 0 Å². The standard InChI is InChI=1S/C17H15F5N2O2/c1-24(10-11-6-2-3-7-12(11)17(20,21)22)16(25)23-13-8-4-5-9-14(13)26-15(18)19/h2-9,15H,10H2,1H3,(H,23,25). The molecule has 0 unspecified atom stereocenters. The second-order valence-electron chi connectivity index (χ2n) is 5.32. The Kier molecular flexibility index (Phi) is 6.01. The molecule has 0 bridgehead atoms. The van der Waals surface area contributed by atoms with Crippen LogP contribution in [-0.4, -0.2) is 24.6 Å². The number of rotatable bonds is 5. The fourth-order valence-corrected chi connectivity index (χ4v) is 2.24. The van der Waals surface area contributed by atoms with Crippen molar-refractivity contribution in [3.63, 3.8) is 0 Å². The number of ether oxygens (including phenoxy) is 1. The molecule has 1 N–H and O–H groups in total. The Morgan fingerprint density at radius 2 is 1.73 bits per heavy atom. The van der Waals surface area contributed by atoms with E-state index in [9.17, 15) is 26.7 Å². The van der Waals surface area contributed by atoms with Gasteiger partial charge in [-0.25, -0.2) is 4.79 Å². The van der Waals surface area contributed by atoms with Crippen molar-refractivity contribution in [3.8, 4) is 5.75 Å². The van der Waals surface area contributed by atoms with Crippen LogP contribution < -0.4 is 10.1 Å². The van der Waals surface area contributed by atoms with Crippen molar-refractivity contribution >= 4 is 11.7 Å². The summed E-state index contributed by atoms with van der Waals surface area (Å²) in [5.74, 6) is -0.250. The summed E-state index contributed by atoms with van der Waals surface area (Å²) < 4.78 is 68.1. The summed E-state index contributed by atoms with van der Waals surface area (Å²) in [5.41, 5.74) is -0.954. The van der Waals surface area contributed by atoms with E-state index in [0.29, 0.717) is 0 Å². The number of amides is 2. The average molecular weight is 374 g/mol. The number of benzene rings is 2. The molecule has 0 spiro atoms. The van der Waals surface area contributed by atoms with Crippen LogP contribution in [0.4, 0.5) is 32.4 Å². The van der Waals surface area contributed by atoms with Gasteiger partial charge in [0.1, 0.15) is 5.75 Å². The Labute approximate surface area is 146 Å². The first kappa shape index (κ1) is 19.5. The number of urea groups is 1. The Bertz CT molecular complexity index is 765. The number of halogens is 5. The summed E-state index contributed by atoms with van der Waals surface area (Å²) in [5, 5.41) is 2.34. The Hall–Kier alpha value is -2.84. The molecule has 0 aliphatic heterocycles. The first-order chi connectivity index (χ1) is 12.2. The van der Waals surface area contributed by atoms with Crippen LogP contribution in [0.25, 0.3) is 0 Å². The molecule has 2 aromatic carbocycles. The summed E-state index contributed by atoms with van der Waals surface area (Å²) in [6, 6.07) is 9.62. The minimum atomic E-state index is -4.55. The molecule has 26 heavy (non-hydrogen) atoms. The molecule has 0 aromatic heterocycles. The lowest BCUT2D eigenvalue weighted by molar-refractivity contribution is -0.138. The number of carbonyl (C=O) groups is 1. The molecule has 0 heterocycles. The molecule has 2 amide bonds. The lowest BCUT2D eigenvalue weighted by atomic mass is 10.1. The second-order valence-corrected chi connectivity index (χ2v) is 5.32. The minimum absolute atomic E-state index is 0.0197. The number of nitrogens with zero attached hydrogens (tertiary/aromatic N) is 1. The number of hydrogen-bond donors (Lipinski definition) is 1. The largest absolute Gasteiger partial charge is 0.433 e. The van der Waals surface area contributed by atoms with Gasteiger partial charge in [-0.3, -0.25) is 0 Å². The van der Waals surface area contributed by atoms with Gasteiger partial charge < -0.3 is 15.0 Å². The van der Waals surface area contributed by atoms with Gasteiger partial charge in [0.15, 0.2) is 0 Å². The average Bonchev–Trinajstić information content (AvgIpc) is 2.55. The summed E-state index contributed by atoms with van der Waals surface area (Å²) in [6.45, 7) is -3.40. The SMILES string of the molecule is CN(Cc1ccccc1C(F)(F)F)C(=O)Nc1ccccc1OC(F)F. The van der Waals surface area contributed by atoms with E-state index in [2.05, 4.69) is 10.1 Å². The molecule has 0 saturated carbocycles. The van der Waals surface area contributed by atoms with Crippen LogP contribution in [0.1, 0.15) is 11.1 Å². The zero-order valence-corrected chi connectivity index (χ0v) is 13.6. The highest BCUT2D eigenvalue weighted by Crippen LogP contribution is 2.32. The van der Waals surface area contributed by atoms with Gasteiger partial charge in [0.05, 0.1) is 11.3 Å². The van der Waals surface area contributed by atoms with Crippen molar-refractivity contribution in [1.82, 2.24) is 4.90 Å². The Morgan fingerprint density at radius 3 is 2.38 bits per heavy atom. The van der Waals surface area contributed by atoms with E-state index >= 15 is 0 Å². The van der Waals surface area contributed by atoms with Gasteiger partial charge in [-0.2, -0.15) is 22.0 Å². The van der Waals surface area contributed by atoms with E-state index in [0.717, 1.165) is 11.0 Å². The van der Waals surface area contributed by atoms with Gasteiger partial charge in [-0.1, -0.05) is 30.3 Å². The molecular weight excluding hydrogens is 359 g/mol. The number of alkyl halides is 5. The highest BCUT2D eigenvalue weighted by atomic mass is 19.4. The molecule has 2 aromatic rings. The third kappa shape index (κ3) is 5.08. The predicted octanol–water partition coefficient (Wildman–Crippen LogP) is 4.97. The van der Waals surface area contributed by atoms with Crippen molar-refractivity contribution < 1.29 is 31.5 Å². The van der Waals surface area contributed by atoms with E-state index in [-0.39, 0.29) is 23.5 Å². The Balaban J connectivity index is 2.13. The molecule has 0 fully saturated rings.